The zero-order valence-electron chi connectivity index (χ0n) is 12.4. The van der Waals surface area contributed by atoms with Gasteiger partial charge in [-0.1, -0.05) is 12.1 Å². The van der Waals surface area contributed by atoms with Crippen LogP contribution < -0.4 is 5.32 Å². The van der Waals surface area contributed by atoms with Gasteiger partial charge in [-0.2, -0.15) is 5.10 Å². The van der Waals surface area contributed by atoms with Crippen molar-refractivity contribution < 1.29 is 9.18 Å². The number of amides is 1. The molecule has 0 radical (unpaired) electrons. The van der Waals surface area contributed by atoms with Crippen LogP contribution in [0.2, 0.25) is 0 Å². The fraction of sp³-hybridized carbons (Fsp3) is 0.375. The van der Waals surface area contributed by atoms with Crippen molar-refractivity contribution in [3.63, 3.8) is 0 Å². The fourth-order valence-corrected chi connectivity index (χ4v) is 2.20. The average molecular weight is 289 g/mol. The summed E-state index contributed by atoms with van der Waals surface area (Å²) in [6, 6.07) is 8.25. The third kappa shape index (κ3) is 4.70. The molecule has 1 heterocycles. The number of hydrogen-bond donors (Lipinski definition) is 1. The van der Waals surface area contributed by atoms with Crippen molar-refractivity contribution in [2.45, 2.75) is 33.2 Å². The van der Waals surface area contributed by atoms with Crippen LogP contribution in [0, 0.1) is 19.7 Å². The van der Waals surface area contributed by atoms with E-state index in [1.807, 2.05) is 24.6 Å². The molecule has 0 atom stereocenters. The van der Waals surface area contributed by atoms with Crippen LogP contribution in [-0.2, 0) is 17.8 Å². The Labute approximate surface area is 124 Å². The molecule has 5 heteroatoms. The lowest BCUT2D eigenvalue weighted by Gasteiger charge is -2.07. The first-order chi connectivity index (χ1) is 10.0. The summed E-state index contributed by atoms with van der Waals surface area (Å²) in [5, 5.41) is 7.21. The van der Waals surface area contributed by atoms with E-state index < -0.39 is 0 Å². The predicted octanol–water partition coefficient (Wildman–Crippen LogP) is 2.39. The van der Waals surface area contributed by atoms with Gasteiger partial charge < -0.3 is 5.32 Å². The van der Waals surface area contributed by atoms with E-state index in [2.05, 4.69) is 10.4 Å². The van der Waals surface area contributed by atoms with Crippen molar-refractivity contribution in [1.29, 1.82) is 0 Å². The maximum absolute atomic E-state index is 12.8. The van der Waals surface area contributed by atoms with E-state index in [1.165, 1.54) is 12.1 Å². The molecule has 1 aromatic carbocycles. The number of rotatable bonds is 6. The minimum absolute atomic E-state index is 0.000793. The van der Waals surface area contributed by atoms with E-state index in [9.17, 15) is 9.18 Å². The highest BCUT2D eigenvalue weighted by Crippen LogP contribution is 2.05. The number of aryl methyl sites for hydroxylation is 3. The molecule has 0 aliphatic heterocycles. The highest BCUT2D eigenvalue weighted by Gasteiger charge is 2.04. The third-order valence-electron chi connectivity index (χ3n) is 3.30. The zero-order chi connectivity index (χ0) is 15.2. The standard InChI is InChI=1S/C16H20FN3O/c1-12-11-13(2)20(19-12)10-9-18-16(21)8-5-14-3-6-15(17)7-4-14/h3-4,6-7,11H,5,8-10H2,1-2H3,(H,18,21). The van der Waals surface area contributed by atoms with Crippen molar-refractivity contribution in [2.75, 3.05) is 6.54 Å². The van der Waals surface area contributed by atoms with Crippen LogP contribution in [0.25, 0.3) is 0 Å². The number of benzene rings is 1. The van der Waals surface area contributed by atoms with Crippen LogP contribution in [-0.4, -0.2) is 22.2 Å². The Balaban J connectivity index is 1.70. The topological polar surface area (TPSA) is 46.9 Å². The van der Waals surface area contributed by atoms with E-state index in [-0.39, 0.29) is 11.7 Å². The van der Waals surface area contributed by atoms with Crippen molar-refractivity contribution >= 4 is 5.91 Å². The van der Waals surface area contributed by atoms with Crippen LogP contribution >= 0.6 is 0 Å². The number of carbonyl (C=O) groups is 1. The van der Waals surface area contributed by atoms with Gasteiger partial charge in [0.1, 0.15) is 5.82 Å². The Morgan fingerprint density at radius 3 is 2.62 bits per heavy atom. The first-order valence-corrected chi connectivity index (χ1v) is 7.07. The number of nitrogens with one attached hydrogen (secondary N) is 1. The van der Waals surface area contributed by atoms with Crippen LogP contribution in [0.1, 0.15) is 23.4 Å². The lowest BCUT2D eigenvalue weighted by atomic mass is 10.1. The maximum atomic E-state index is 12.8. The first-order valence-electron chi connectivity index (χ1n) is 7.07. The first kappa shape index (κ1) is 15.2. The summed E-state index contributed by atoms with van der Waals surface area (Å²) in [5.74, 6) is -0.256. The molecule has 1 aromatic heterocycles. The molecule has 112 valence electrons. The Morgan fingerprint density at radius 2 is 2.00 bits per heavy atom. The Kier molecular flexibility index (Phi) is 5.09. The van der Waals surface area contributed by atoms with Gasteiger partial charge in [-0.05, 0) is 44.0 Å². The summed E-state index contributed by atoms with van der Waals surface area (Å²) in [5.41, 5.74) is 3.04. The summed E-state index contributed by atoms with van der Waals surface area (Å²) in [6.45, 7) is 5.17. The van der Waals surface area contributed by atoms with E-state index >= 15 is 0 Å². The Hall–Kier alpha value is -2.17. The molecule has 0 saturated carbocycles. The zero-order valence-corrected chi connectivity index (χ0v) is 12.4. The smallest absolute Gasteiger partial charge is 0.220 e. The molecule has 1 N–H and O–H groups in total. The molecule has 1 amide bonds. The highest BCUT2D eigenvalue weighted by molar-refractivity contribution is 5.76. The monoisotopic (exact) mass is 289 g/mol. The van der Waals surface area contributed by atoms with Crippen LogP contribution in [0.5, 0.6) is 0 Å². The SMILES string of the molecule is Cc1cc(C)n(CCNC(=O)CCc2ccc(F)cc2)n1. The molecule has 0 saturated heterocycles. The van der Waals surface area contributed by atoms with Crippen LogP contribution in [0.15, 0.2) is 30.3 Å². The van der Waals surface area contributed by atoms with Crippen LogP contribution in [0.3, 0.4) is 0 Å². The summed E-state index contributed by atoms with van der Waals surface area (Å²) in [6.07, 6.45) is 1.02. The van der Waals surface area contributed by atoms with E-state index in [0.717, 1.165) is 17.0 Å². The van der Waals surface area contributed by atoms with E-state index in [0.29, 0.717) is 25.9 Å². The lowest BCUT2D eigenvalue weighted by Crippen LogP contribution is -2.27. The van der Waals surface area contributed by atoms with Gasteiger partial charge in [-0.25, -0.2) is 4.39 Å². The van der Waals surface area contributed by atoms with Gasteiger partial charge in [0.15, 0.2) is 0 Å². The van der Waals surface area contributed by atoms with E-state index in [1.54, 1.807) is 12.1 Å². The summed E-state index contributed by atoms with van der Waals surface area (Å²) < 4.78 is 14.6. The predicted molar refractivity (Wildman–Crippen MR) is 79.4 cm³/mol. The molecule has 0 aliphatic carbocycles. The van der Waals surface area contributed by atoms with Gasteiger partial charge in [-0.3, -0.25) is 9.48 Å². The summed E-state index contributed by atoms with van der Waals surface area (Å²) in [4.78, 5) is 11.7. The van der Waals surface area contributed by atoms with Gasteiger partial charge in [-0.15, -0.1) is 0 Å². The molecule has 2 aromatic rings. The quantitative estimate of drug-likeness (QED) is 0.887. The normalized spacial score (nSPS) is 10.6. The van der Waals surface area contributed by atoms with Gasteiger partial charge in [0.25, 0.3) is 0 Å². The van der Waals surface area contributed by atoms with E-state index in [4.69, 9.17) is 0 Å². The van der Waals surface area contributed by atoms with Crippen molar-refractivity contribution in [3.05, 3.63) is 53.1 Å². The number of nitrogens with zero attached hydrogens (tertiary/aromatic N) is 2. The number of hydrogen-bond acceptors (Lipinski definition) is 2. The minimum atomic E-state index is -0.256. The second-order valence-corrected chi connectivity index (χ2v) is 5.13. The minimum Gasteiger partial charge on any atom is -0.354 e. The number of carbonyl (C=O) groups excluding carboxylic acids is 1. The molecule has 4 nitrogen and oxygen atoms in total. The van der Waals surface area contributed by atoms with Gasteiger partial charge in [0.05, 0.1) is 12.2 Å². The number of aromatic nitrogens is 2. The van der Waals surface area contributed by atoms with Crippen molar-refractivity contribution in [3.8, 4) is 0 Å². The Bertz CT molecular complexity index is 604. The molecule has 21 heavy (non-hydrogen) atoms. The van der Waals surface area contributed by atoms with Crippen molar-refractivity contribution in [2.24, 2.45) is 0 Å². The summed E-state index contributed by atoms with van der Waals surface area (Å²) >= 11 is 0. The third-order valence-corrected chi connectivity index (χ3v) is 3.30. The molecule has 0 aliphatic rings. The molecular formula is C16H20FN3O. The highest BCUT2D eigenvalue weighted by atomic mass is 19.1. The second-order valence-electron chi connectivity index (χ2n) is 5.13. The van der Waals surface area contributed by atoms with Gasteiger partial charge >= 0.3 is 0 Å². The molecule has 0 fully saturated rings. The molecule has 0 unspecified atom stereocenters. The van der Waals surface area contributed by atoms with Crippen LogP contribution in [0.4, 0.5) is 4.39 Å². The second kappa shape index (κ2) is 7.02. The fourth-order valence-electron chi connectivity index (χ4n) is 2.20. The average Bonchev–Trinajstić information content (AvgIpc) is 2.76. The lowest BCUT2D eigenvalue weighted by molar-refractivity contribution is -0.121. The maximum Gasteiger partial charge on any atom is 0.220 e. The summed E-state index contributed by atoms with van der Waals surface area (Å²) in [7, 11) is 0. The molecule has 2 rings (SSSR count). The van der Waals surface area contributed by atoms with Gasteiger partial charge in [0.2, 0.25) is 5.91 Å². The molecule has 0 spiro atoms. The largest absolute Gasteiger partial charge is 0.354 e. The number of halogens is 1. The molecular weight excluding hydrogens is 269 g/mol. The van der Waals surface area contributed by atoms with Gasteiger partial charge in [0, 0.05) is 18.7 Å². The molecule has 0 bridgehead atoms. The van der Waals surface area contributed by atoms with Crippen molar-refractivity contribution in [1.82, 2.24) is 15.1 Å². The Morgan fingerprint density at radius 1 is 1.29 bits per heavy atom.